The van der Waals surface area contributed by atoms with E-state index in [0.717, 1.165) is 22.5 Å². The van der Waals surface area contributed by atoms with Crippen LogP contribution in [0.5, 0.6) is 0 Å². The van der Waals surface area contributed by atoms with Crippen molar-refractivity contribution < 1.29 is 0 Å². The standard InChI is InChI=1S/C15H12N6/c1-2-6-12(7-3-1)21-15(17-18-19-21)10-20-11-16-13-8-4-5-9-14(13)20/h1-9,11H,10H2. The first-order chi connectivity index (χ1) is 10.4. The zero-order valence-corrected chi connectivity index (χ0v) is 11.2. The topological polar surface area (TPSA) is 61.4 Å². The van der Waals surface area contributed by atoms with E-state index in [-0.39, 0.29) is 0 Å². The fourth-order valence-electron chi connectivity index (χ4n) is 2.36. The van der Waals surface area contributed by atoms with E-state index >= 15 is 0 Å². The van der Waals surface area contributed by atoms with Crippen molar-refractivity contribution >= 4 is 11.0 Å². The molecule has 4 rings (SSSR count). The second-order valence-corrected chi connectivity index (χ2v) is 4.70. The van der Waals surface area contributed by atoms with Gasteiger partial charge < -0.3 is 4.57 Å². The van der Waals surface area contributed by atoms with E-state index in [2.05, 4.69) is 20.5 Å². The number of benzene rings is 2. The summed E-state index contributed by atoms with van der Waals surface area (Å²) in [5, 5.41) is 12.0. The number of tetrazole rings is 1. The summed E-state index contributed by atoms with van der Waals surface area (Å²) in [6, 6.07) is 17.9. The first kappa shape index (κ1) is 11.8. The number of hydrogen-bond donors (Lipinski definition) is 0. The molecule has 4 aromatic rings. The van der Waals surface area contributed by atoms with Gasteiger partial charge in [0.05, 0.1) is 29.6 Å². The van der Waals surface area contributed by atoms with E-state index in [1.165, 1.54) is 0 Å². The SMILES string of the molecule is c1ccc(-n2nnnc2Cn2cnc3ccccc32)cc1. The Morgan fingerprint density at radius 2 is 1.71 bits per heavy atom. The Bertz CT molecular complexity index is 877. The van der Waals surface area contributed by atoms with Crippen LogP contribution in [-0.4, -0.2) is 29.8 Å². The molecule has 0 aliphatic carbocycles. The summed E-state index contributed by atoms with van der Waals surface area (Å²) >= 11 is 0. The van der Waals surface area contributed by atoms with Crippen molar-refractivity contribution in [3.05, 3.63) is 66.7 Å². The molecule has 2 aromatic carbocycles. The monoisotopic (exact) mass is 276 g/mol. The van der Waals surface area contributed by atoms with Gasteiger partial charge in [-0.25, -0.2) is 4.98 Å². The molecule has 0 aliphatic rings. The predicted molar refractivity (Wildman–Crippen MR) is 78.0 cm³/mol. The highest BCUT2D eigenvalue weighted by atomic mass is 15.5. The fraction of sp³-hybridized carbons (Fsp3) is 0.0667. The molecule has 0 spiro atoms. The zero-order chi connectivity index (χ0) is 14.1. The highest BCUT2D eigenvalue weighted by Crippen LogP contribution is 2.14. The van der Waals surface area contributed by atoms with E-state index in [4.69, 9.17) is 0 Å². The van der Waals surface area contributed by atoms with Crippen LogP contribution in [0, 0.1) is 0 Å². The van der Waals surface area contributed by atoms with Crippen molar-refractivity contribution in [2.45, 2.75) is 6.54 Å². The first-order valence-corrected chi connectivity index (χ1v) is 6.64. The van der Waals surface area contributed by atoms with Gasteiger partial charge in [0.15, 0.2) is 5.82 Å². The molecule has 102 valence electrons. The van der Waals surface area contributed by atoms with Crippen LogP contribution in [0.4, 0.5) is 0 Å². The van der Waals surface area contributed by atoms with Crippen LogP contribution in [0.2, 0.25) is 0 Å². The van der Waals surface area contributed by atoms with Gasteiger partial charge in [0, 0.05) is 0 Å². The molecule has 0 aliphatic heterocycles. The van der Waals surface area contributed by atoms with Crippen LogP contribution in [0.1, 0.15) is 5.82 Å². The Balaban J connectivity index is 1.74. The molecule has 6 nitrogen and oxygen atoms in total. The summed E-state index contributed by atoms with van der Waals surface area (Å²) in [6.45, 7) is 0.572. The second-order valence-electron chi connectivity index (χ2n) is 4.70. The molecule has 0 radical (unpaired) electrons. The Kier molecular flexibility index (Phi) is 2.71. The van der Waals surface area contributed by atoms with Crippen LogP contribution in [-0.2, 0) is 6.54 Å². The van der Waals surface area contributed by atoms with Crippen LogP contribution in [0.15, 0.2) is 60.9 Å². The van der Waals surface area contributed by atoms with Crippen molar-refractivity contribution in [3.8, 4) is 5.69 Å². The van der Waals surface area contributed by atoms with Crippen molar-refractivity contribution in [2.24, 2.45) is 0 Å². The molecule has 0 saturated carbocycles. The maximum Gasteiger partial charge on any atom is 0.176 e. The average Bonchev–Trinajstić information content (AvgIpc) is 3.16. The molecule has 0 fully saturated rings. The lowest BCUT2D eigenvalue weighted by atomic mass is 10.3. The summed E-state index contributed by atoms with van der Waals surface area (Å²) in [5.74, 6) is 0.768. The van der Waals surface area contributed by atoms with E-state index in [1.807, 2.05) is 65.5 Å². The lowest BCUT2D eigenvalue weighted by Gasteiger charge is -2.05. The van der Waals surface area contributed by atoms with Crippen molar-refractivity contribution in [3.63, 3.8) is 0 Å². The minimum absolute atomic E-state index is 0.572. The summed E-state index contributed by atoms with van der Waals surface area (Å²) in [4.78, 5) is 4.39. The summed E-state index contributed by atoms with van der Waals surface area (Å²) < 4.78 is 3.79. The van der Waals surface area contributed by atoms with Gasteiger partial charge in [-0.1, -0.05) is 30.3 Å². The maximum absolute atomic E-state index is 4.39. The molecule has 0 saturated heterocycles. The summed E-state index contributed by atoms with van der Waals surface area (Å²) in [6.07, 6.45) is 1.81. The van der Waals surface area contributed by atoms with Crippen LogP contribution in [0.25, 0.3) is 16.7 Å². The number of hydrogen-bond acceptors (Lipinski definition) is 4. The molecule has 0 unspecified atom stereocenters. The Hall–Kier alpha value is -3.02. The highest BCUT2D eigenvalue weighted by Gasteiger charge is 2.10. The number of aromatic nitrogens is 6. The van der Waals surface area contributed by atoms with Gasteiger partial charge in [-0.3, -0.25) is 0 Å². The van der Waals surface area contributed by atoms with Crippen LogP contribution >= 0.6 is 0 Å². The Morgan fingerprint density at radius 1 is 0.905 bits per heavy atom. The maximum atomic E-state index is 4.39. The van der Waals surface area contributed by atoms with Crippen LogP contribution in [0.3, 0.4) is 0 Å². The fourth-order valence-corrected chi connectivity index (χ4v) is 2.36. The minimum atomic E-state index is 0.572. The third kappa shape index (κ3) is 2.06. The van der Waals surface area contributed by atoms with Crippen molar-refractivity contribution in [2.75, 3.05) is 0 Å². The van der Waals surface area contributed by atoms with Gasteiger partial charge >= 0.3 is 0 Å². The average molecular weight is 276 g/mol. The van der Waals surface area contributed by atoms with Crippen LogP contribution < -0.4 is 0 Å². The molecular weight excluding hydrogens is 264 g/mol. The van der Waals surface area contributed by atoms with Gasteiger partial charge in [-0.15, -0.1) is 5.10 Å². The number of para-hydroxylation sites is 3. The molecule has 21 heavy (non-hydrogen) atoms. The molecular formula is C15H12N6. The van der Waals surface area contributed by atoms with Gasteiger partial charge in [-0.2, -0.15) is 4.68 Å². The van der Waals surface area contributed by atoms with E-state index in [1.54, 1.807) is 4.68 Å². The van der Waals surface area contributed by atoms with Gasteiger partial charge in [0.1, 0.15) is 0 Å². The normalized spacial score (nSPS) is 11.0. The quantitative estimate of drug-likeness (QED) is 0.574. The highest BCUT2D eigenvalue weighted by molar-refractivity contribution is 5.74. The van der Waals surface area contributed by atoms with Gasteiger partial charge in [-0.05, 0) is 34.7 Å². The molecule has 0 N–H and O–H groups in total. The number of fused-ring (bicyclic) bond motifs is 1. The Morgan fingerprint density at radius 3 is 2.62 bits per heavy atom. The Labute approximate surface area is 120 Å². The van der Waals surface area contributed by atoms with E-state index < -0.39 is 0 Å². The molecule has 6 heteroatoms. The van der Waals surface area contributed by atoms with E-state index in [9.17, 15) is 0 Å². The number of imidazole rings is 1. The lowest BCUT2D eigenvalue weighted by Crippen LogP contribution is -2.07. The summed E-state index contributed by atoms with van der Waals surface area (Å²) in [7, 11) is 0. The molecule has 2 heterocycles. The second kappa shape index (κ2) is 4.82. The molecule has 0 amide bonds. The third-order valence-electron chi connectivity index (χ3n) is 3.37. The smallest absolute Gasteiger partial charge is 0.176 e. The van der Waals surface area contributed by atoms with Crippen molar-refractivity contribution in [1.29, 1.82) is 0 Å². The first-order valence-electron chi connectivity index (χ1n) is 6.64. The number of rotatable bonds is 3. The third-order valence-corrected chi connectivity index (χ3v) is 3.37. The lowest BCUT2D eigenvalue weighted by molar-refractivity contribution is 0.712. The minimum Gasteiger partial charge on any atom is -0.323 e. The summed E-state index contributed by atoms with van der Waals surface area (Å²) in [5.41, 5.74) is 2.98. The predicted octanol–water partition coefficient (Wildman–Crippen LogP) is 2.06. The van der Waals surface area contributed by atoms with Crippen molar-refractivity contribution in [1.82, 2.24) is 29.8 Å². The van der Waals surface area contributed by atoms with Gasteiger partial charge in [0.25, 0.3) is 0 Å². The largest absolute Gasteiger partial charge is 0.323 e. The number of nitrogens with zero attached hydrogens (tertiary/aromatic N) is 6. The molecule has 0 atom stereocenters. The molecule has 2 aromatic heterocycles. The van der Waals surface area contributed by atoms with Gasteiger partial charge in [0.2, 0.25) is 0 Å². The zero-order valence-electron chi connectivity index (χ0n) is 11.2. The van der Waals surface area contributed by atoms with E-state index in [0.29, 0.717) is 6.54 Å². The molecule has 0 bridgehead atoms.